The highest BCUT2D eigenvalue weighted by molar-refractivity contribution is 7.89. The predicted molar refractivity (Wildman–Crippen MR) is 111 cm³/mol. The van der Waals surface area contributed by atoms with Crippen LogP contribution in [-0.2, 0) is 30.8 Å². The van der Waals surface area contributed by atoms with Crippen molar-refractivity contribution < 1.29 is 22.7 Å². The molecule has 0 saturated carbocycles. The normalized spacial score (nSPS) is 15.5. The summed E-state index contributed by atoms with van der Waals surface area (Å²) >= 11 is 0. The summed E-state index contributed by atoms with van der Waals surface area (Å²) in [6.45, 7) is 2.08. The van der Waals surface area contributed by atoms with Crippen LogP contribution in [0.25, 0.3) is 0 Å². The maximum atomic E-state index is 12.6. The van der Waals surface area contributed by atoms with E-state index >= 15 is 0 Å². The molecule has 1 aromatic heterocycles. The number of esters is 1. The van der Waals surface area contributed by atoms with E-state index in [4.69, 9.17) is 4.74 Å². The topological polar surface area (TPSA) is 106 Å². The number of nitrogens with zero attached hydrogens (tertiary/aromatic N) is 2. The number of ether oxygens (including phenoxy) is 1. The van der Waals surface area contributed by atoms with Gasteiger partial charge in [-0.2, -0.15) is 4.31 Å². The summed E-state index contributed by atoms with van der Waals surface area (Å²) in [6, 6.07) is 10.5. The number of aromatic nitrogens is 1. The summed E-state index contributed by atoms with van der Waals surface area (Å²) in [5.41, 5.74) is 1.75. The van der Waals surface area contributed by atoms with Gasteiger partial charge in [0.25, 0.3) is 5.91 Å². The van der Waals surface area contributed by atoms with E-state index in [1.165, 1.54) is 22.8 Å². The number of pyridine rings is 1. The van der Waals surface area contributed by atoms with Gasteiger partial charge in [-0.3, -0.25) is 14.6 Å². The van der Waals surface area contributed by atoms with Crippen molar-refractivity contribution in [2.24, 2.45) is 5.92 Å². The minimum Gasteiger partial charge on any atom is -0.455 e. The third-order valence-corrected chi connectivity index (χ3v) is 6.91. The Morgan fingerprint density at radius 2 is 1.97 bits per heavy atom. The summed E-state index contributed by atoms with van der Waals surface area (Å²) in [5.74, 6) is -1.32. The highest BCUT2D eigenvalue weighted by atomic mass is 32.2. The highest BCUT2D eigenvalue weighted by Crippen LogP contribution is 2.24. The van der Waals surface area contributed by atoms with Crippen LogP contribution in [-0.4, -0.2) is 49.3 Å². The quantitative estimate of drug-likeness (QED) is 0.674. The van der Waals surface area contributed by atoms with Crippen molar-refractivity contribution in [1.29, 1.82) is 0 Å². The van der Waals surface area contributed by atoms with Gasteiger partial charge in [-0.25, -0.2) is 8.42 Å². The van der Waals surface area contributed by atoms with Crippen LogP contribution in [0.5, 0.6) is 0 Å². The lowest BCUT2D eigenvalue weighted by atomic mass is 9.98. The average molecular weight is 432 g/mol. The molecule has 1 aliphatic rings. The molecule has 1 saturated heterocycles. The third-order valence-electron chi connectivity index (χ3n) is 5.02. The number of hydrogen-bond acceptors (Lipinski definition) is 6. The molecule has 0 aliphatic carbocycles. The Morgan fingerprint density at radius 1 is 1.20 bits per heavy atom. The number of sulfonamides is 1. The Kier molecular flexibility index (Phi) is 7.17. The lowest BCUT2D eigenvalue weighted by Crippen LogP contribution is -2.40. The van der Waals surface area contributed by atoms with Gasteiger partial charge in [0, 0.05) is 31.2 Å². The van der Waals surface area contributed by atoms with Gasteiger partial charge in [0.2, 0.25) is 10.0 Å². The zero-order valence-corrected chi connectivity index (χ0v) is 17.6. The van der Waals surface area contributed by atoms with Crippen LogP contribution in [0.2, 0.25) is 0 Å². The molecule has 30 heavy (non-hydrogen) atoms. The Hall–Kier alpha value is -2.78. The molecule has 1 aliphatic heterocycles. The number of nitrogens with one attached hydrogen (secondary N) is 1. The molecule has 1 amide bonds. The van der Waals surface area contributed by atoms with Gasteiger partial charge in [-0.1, -0.05) is 19.1 Å². The Balaban J connectivity index is 1.46. The van der Waals surface area contributed by atoms with E-state index in [0.717, 1.165) is 12.0 Å². The summed E-state index contributed by atoms with van der Waals surface area (Å²) in [5, 5.41) is 2.71. The number of hydrogen-bond donors (Lipinski definition) is 1. The Labute approximate surface area is 176 Å². The van der Waals surface area contributed by atoms with E-state index in [1.807, 2.05) is 25.1 Å². The first-order valence-electron chi connectivity index (χ1n) is 9.85. The number of carbonyl (C=O) groups excluding carboxylic acids is 2. The van der Waals surface area contributed by atoms with Crippen molar-refractivity contribution in [2.75, 3.05) is 25.0 Å². The molecule has 0 radical (unpaired) electrons. The smallest absolute Gasteiger partial charge is 0.309 e. The molecule has 0 spiro atoms. The lowest BCUT2D eigenvalue weighted by molar-refractivity contribution is -0.152. The summed E-state index contributed by atoms with van der Waals surface area (Å²) < 4.78 is 31.7. The van der Waals surface area contributed by atoms with Gasteiger partial charge in [-0.05, 0) is 49.1 Å². The number of benzene rings is 1. The van der Waals surface area contributed by atoms with Gasteiger partial charge in [-0.15, -0.1) is 0 Å². The standard InChI is InChI=1S/C21H25N3O5S/c1-2-16-5-3-6-18(13-16)23-20(25)15-29-21(26)17-8-11-24(12-9-17)30(27,28)19-7-4-10-22-14-19/h3-7,10,13-14,17H,2,8-9,11-12,15H2,1H3,(H,23,25). The number of carbonyl (C=O) groups is 2. The minimum absolute atomic E-state index is 0.134. The minimum atomic E-state index is -3.62. The van der Waals surface area contributed by atoms with Crippen LogP contribution in [0.4, 0.5) is 5.69 Å². The zero-order valence-electron chi connectivity index (χ0n) is 16.8. The maximum Gasteiger partial charge on any atom is 0.309 e. The monoisotopic (exact) mass is 431 g/mol. The van der Waals surface area contributed by atoms with Gasteiger partial charge >= 0.3 is 5.97 Å². The summed E-state index contributed by atoms with van der Waals surface area (Å²) in [6.07, 6.45) is 4.37. The van der Waals surface area contributed by atoms with Crippen LogP contribution >= 0.6 is 0 Å². The number of aryl methyl sites for hydroxylation is 1. The maximum absolute atomic E-state index is 12.6. The SMILES string of the molecule is CCc1cccc(NC(=O)COC(=O)C2CCN(S(=O)(=O)c3cccnc3)CC2)c1. The van der Waals surface area contributed by atoms with E-state index in [2.05, 4.69) is 10.3 Å². The molecule has 0 unspecified atom stereocenters. The van der Waals surface area contributed by atoms with Crippen LogP contribution in [0.15, 0.2) is 53.7 Å². The van der Waals surface area contributed by atoms with Crippen molar-refractivity contribution in [3.63, 3.8) is 0 Å². The van der Waals surface area contributed by atoms with E-state index in [0.29, 0.717) is 18.5 Å². The number of anilines is 1. The number of amides is 1. The molecular formula is C21H25N3O5S. The Morgan fingerprint density at radius 3 is 2.63 bits per heavy atom. The molecule has 0 atom stereocenters. The number of piperidine rings is 1. The molecule has 1 aromatic carbocycles. The molecule has 9 heteroatoms. The first kappa shape index (κ1) is 21.9. The largest absolute Gasteiger partial charge is 0.455 e. The molecule has 1 N–H and O–H groups in total. The molecule has 8 nitrogen and oxygen atoms in total. The van der Waals surface area contributed by atoms with Crippen molar-refractivity contribution in [3.05, 3.63) is 54.4 Å². The predicted octanol–water partition coefficient (Wildman–Crippen LogP) is 2.23. The van der Waals surface area contributed by atoms with Crippen LogP contribution in [0.3, 0.4) is 0 Å². The van der Waals surface area contributed by atoms with E-state index < -0.39 is 27.8 Å². The first-order chi connectivity index (χ1) is 14.4. The summed E-state index contributed by atoms with van der Waals surface area (Å²) in [7, 11) is -3.62. The van der Waals surface area contributed by atoms with Crippen molar-refractivity contribution in [2.45, 2.75) is 31.1 Å². The second kappa shape index (κ2) is 9.82. The fourth-order valence-electron chi connectivity index (χ4n) is 3.30. The van der Waals surface area contributed by atoms with Crippen molar-refractivity contribution >= 4 is 27.6 Å². The fourth-order valence-corrected chi connectivity index (χ4v) is 4.74. The molecular weight excluding hydrogens is 406 g/mol. The molecule has 160 valence electrons. The van der Waals surface area contributed by atoms with Crippen LogP contribution in [0, 0.1) is 5.92 Å². The Bertz CT molecular complexity index is 987. The van der Waals surface area contributed by atoms with Crippen LogP contribution < -0.4 is 5.32 Å². The number of rotatable bonds is 7. The average Bonchev–Trinajstić information content (AvgIpc) is 2.78. The molecule has 2 aromatic rings. The van der Waals surface area contributed by atoms with E-state index in [-0.39, 0.29) is 24.6 Å². The van der Waals surface area contributed by atoms with Crippen LogP contribution in [0.1, 0.15) is 25.3 Å². The lowest BCUT2D eigenvalue weighted by Gasteiger charge is -2.29. The van der Waals surface area contributed by atoms with E-state index in [1.54, 1.807) is 12.1 Å². The van der Waals surface area contributed by atoms with Gasteiger partial charge in [0.15, 0.2) is 6.61 Å². The van der Waals surface area contributed by atoms with Gasteiger partial charge in [0.1, 0.15) is 4.90 Å². The highest BCUT2D eigenvalue weighted by Gasteiger charge is 2.33. The molecule has 1 fully saturated rings. The molecule has 0 bridgehead atoms. The van der Waals surface area contributed by atoms with E-state index in [9.17, 15) is 18.0 Å². The molecule has 3 rings (SSSR count). The second-order valence-corrected chi connectivity index (χ2v) is 9.01. The third kappa shape index (κ3) is 5.43. The van der Waals surface area contributed by atoms with Gasteiger partial charge in [0.05, 0.1) is 5.92 Å². The van der Waals surface area contributed by atoms with Gasteiger partial charge < -0.3 is 10.1 Å². The molecule has 2 heterocycles. The summed E-state index contributed by atoms with van der Waals surface area (Å²) in [4.78, 5) is 28.3. The zero-order chi connectivity index (χ0) is 21.6. The second-order valence-electron chi connectivity index (χ2n) is 7.08. The van der Waals surface area contributed by atoms with Crippen molar-refractivity contribution in [3.8, 4) is 0 Å². The van der Waals surface area contributed by atoms with Crippen molar-refractivity contribution in [1.82, 2.24) is 9.29 Å². The fraction of sp³-hybridized carbons (Fsp3) is 0.381. The first-order valence-corrected chi connectivity index (χ1v) is 11.3.